The van der Waals surface area contributed by atoms with E-state index in [0.29, 0.717) is 12.5 Å². The van der Waals surface area contributed by atoms with Crippen LogP contribution in [0, 0.1) is 0 Å². The van der Waals surface area contributed by atoms with Crippen molar-refractivity contribution < 1.29 is 26.3 Å². The maximum absolute atomic E-state index is 12.7. The summed E-state index contributed by atoms with van der Waals surface area (Å²) >= 11 is 0. The molecular weight excluding hydrogens is 286 g/mol. The van der Waals surface area contributed by atoms with E-state index in [4.69, 9.17) is 5.73 Å². The van der Waals surface area contributed by atoms with Crippen LogP contribution in [0.3, 0.4) is 0 Å². The molecule has 0 saturated heterocycles. The molecule has 0 aromatic heterocycles. The van der Waals surface area contributed by atoms with Gasteiger partial charge in [-0.1, -0.05) is 6.92 Å². The van der Waals surface area contributed by atoms with E-state index in [2.05, 4.69) is 0 Å². The standard InChI is InChI=1S/C12H14F6N2/c1-2-5-20(7-11(13,14)15)8-3-4-10(19)9(6-8)12(16,17)18/h3-4,6H,2,5,7,19H2,1H3. The predicted octanol–water partition coefficient (Wildman–Crippen LogP) is 4.07. The zero-order chi connectivity index (χ0) is 15.6. The van der Waals surface area contributed by atoms with Crippen molar-refractivity contribution in [3.63, 3.8) is 0 Å². The van der Waals surface area contributed by atoms with Gasteiger partial charge in [-0.15, -0.1) is 0 Å². The van der Waals surface area contributed by atoms with Crippen LogP contribution in [0.1, 0.15) is 18.9 Å². The Labute approximate surface area is 112 Å². The van der Waals surface area contributed by atoms with Crippen molar-refractivity contribution in [1.82, 2.24) is 0 Å². The van der Waals surface area contributed by atoms with Crippen LogP contribution in [0.4, 0.5) is 37.7 Å². The fourth-order valence-electron chi connectivity index (χ4n) is 1.77. The van der Waals surface area contributed by atoms with Crippen LogP contribution in [0.5, 0.6) is 0 Å². The lowest BCUT2D eigenvalue weighted by atomic mass is 10.1. The largest absolute Gasteiger partial charge is 0.418 e. The normalized spacial score (nSPS) is 12.6. The number of benzene rings is 1. The summed E-state index contributed by atoms with van der Waals surface area (Å²) in [5.41, 5.74) is 3.43. The van der Waals surface area contributed by atoms with Gasteiger partial charge in [0.2, 0.25) is 0 Å². The minimum atomic E-state index is -4.70. The number of alkyl halides is 6. The average Bonchev–Trinajstić information content (AvgIpc) is 2.25. The minimum Gasteiger partial charge on any atom is -0.398 e. The third-order valence-corrected chi connectivity index (χ3v) is 2.57. The van der Waals surface area contributed by atoms with E-state index in [9.17, 15) is 26.3 Å². The monoisotopic (exact) mass is 300 g/mol. The molecule has 0 bridgehead atoms. The van der Waals surface area contributed by atoms with Crippen LogP contribution in [-0.4, -0.2) is 19.3 Å². The number of hydrogen-bond acceptors (Lipinski definition) is 2. The highest BCUT2D eigenvalue weighted by Crippen LogP contribution is 2.36. The topological polar surface area (TPSA) is 29.3 Å². The molecule has 1 aromatic rings. The average molecular weight is 300 g/mol. The third kappa shape index (κ3) is 4.50. The number of anilines is 2. The Kier molecular flexibility index (Phi) is 4.77. The van der Waals surface area contributed by atoms with Crippen molar-refractivity contribution in [3.8, 4) is 0 Å². The Hall–Kier alpha value is -1.60. The fraction of sp³-hybridized carbons (Fsp3) is 0.500. The smallest absolute Gasteiger partial charge is 0.398 e. The van der Waals surface area contributed by atoms with Gasteiger partial charge in [-0.3, -0.25) is 0 Å². The molecule has 0 aliphatic carbocycles. The summed E-state index contributed by atoms with van der Waals surface area (Å²) in [6, 6.07) is 2.78. The van der Waals surface area contributed by atoms with Gasteiger partial charge >= 0.3 is 12.4 Å². The Morgan fingerprint density at radius 1 is 1.10 bits per heavy atom. The molecule has 20 heavy (non-hydrogen) atoms. The number of nitrogens with two attached hydrogens (primary N) is 1. The Morgan fingerprint density at radius 3 is 2.15 bits per heavy atom. The van der Waals surface area contributed by atoms with Crippen molar-refractivity contribution in [1.29, 1.82) is 0 Å². The van der Waals surface area contributed by atoms with Crippen LogP contribution in [-0.2, 0) is 6.18 Å². The van der Waals surface area contributed by atoms with E-state index in [1.807, 2.05) is 0 Å². The van der Waals surface area contributed by atoms with Gasteiger partial charge in [-0.25, -0.2) is 0 Å². The first-order valence-corrected chi connectivity index (χ1v) is 5.83. The number of halogens is 6. The predicted molar refractivity (Wildman–Crippen MR) is 64.4 cm³/mol. The second kappa shape index (κ2) is 5.80. The highest BCUT2D eigenvalue weighted by molar-refractivity contribution is 5.59. The lowest BCUT2D eigenvalue weighted by Crippen LogP contribution is -2.35. The van der Waals surface area contributed by atoms with Crippen molar-refractivity contribution in [3.05, 3.63) is 23.8 Å². The summed E-state index contributed by atoms with van der Waals surface area (Å²) in [4.78, 5) is 0.856. The van der Waals surface area contributed by atoms with Crippen molar-refractivity contribution >= 4 is 11.4 Å². The third-order valence-electron chi connectivity index (χ3n) is 2.57. The Morgan fingerprint density at radius 2 is 1.70 bits per heavy atom. The fourth-order valence-corrected chi connectivity index (χ4v) is 1.77. The first-order valence-electron chi connectivity index (χ1n) is 5.83. The lowest BCUT2D eigenvalue weighted by Gasteiger charge is -2.26. The summed E-state index contributed by atoms with van der Waals surface area (Å²) in [7, 11) is 0. The molecule has 0 aliphatic heterocycles. The second-order valence-electron chi connectivity index (χ2n) is 4.31. The number of hydrogen-bond donors (Lipinski definition) is 1. The zero-order valence-electron chi connectivity index (χ0n) is 10.6. The van der Waals surface area contributed by atoms with Crippen LogP contribution >= 0.6 is 0 Å². The van der Waals surface area contributed by atoms with Crippen LogP contribution in [0.2, 0.25) is 0 Å². The van der Waals surface area contributed by atoms with Gasteiger partial charge in [0.25, 0.3) is 0 Å². The van der Waals surface area contributed by atoms with E-state index < -0.39 is 30.1 Å². The molecule has 114 valence electrons. The second-order valence-corrected chi connectivity index (χ2v) is 4.31. The first kappa shape index (κ1) is 16.5. The van der Waals surface area contributed by atoms with Crippen LogP contribution in [0.25, 0.3) is 0 Å². The molecule has 8 heteroatoms. The molecule has 0 heterocycles. The molecule has 0 fully saturated rings. The molecule has 1 aromatic carbocycles. The maximum atomic E-state index is 12.7. The van der Waals surface area contributed by atoms with Gasteiger partial charge in [0.05, 0.1) is 5.56 Å². The summed E-state index contributed by atoms with van der Waals surface area (Å²) in [5, 5.41) is 0. The van der Waals surface area contributed by atoms with E-state index >= 15 is 0 Å². The van der Waals surface area contributed by atoms with Crippen molar-refractivity contribution in [2.45, 2.75) is 25.7 Å². The molecule has 0 spiro atoms. The van der Waals surface area contributed by atoms with Crippen molar-refractivity contribution in [2.75, 3.05) is 23.7 Å². The SMILES string of the molecule is CCCN(CC(F)(F)F)c1ccc(N)c(C(F)(F)F)c1. The highest BCUT2D eigenvalue weighted by Gasteiger charge is 2.35. The molecule has 2 N–H and O–H groups in total. The zero-order valence-corrected chi connectivity index (χ0v) is 10.6. The van der Waals surface area contributed by atoms with E-state index in [1.165, 1.54) is 0 Å². The van der Waals surface area contributed by atoms with Crippen LogP contribution < -0.4 is 10.6 Å². The molecule has 0 amide bonds. The highest BCUT2D eigenvalue weighted by atomic mass is 19.4. The van der Waals surface area contributed by atoms with Gasteiger partial charge < -0.3 is 10.6 Å². The lowest BCUT2D eigenvalue weighted by molar-refractivity contribution is -0.136. The molecule has 0 unspecified atom stereocenters. The molecule has 0 saturated carbocycles. The summed E-state index contributed by atoms with van der Waals surface area (Å²) in [6.45, 7) is 0.341. The number of nitrogens with zero attached hydrogens (tertiary/aromatic N) is 1. The molecule has 0 atom stereocenters. The van der Waals surface area contributed by atoms with E-state index in [0.717, 1.165) is 17.0 Å². The van der Waals surface area contributed by atoms with Gasteiger partial charge in [-0.05, 0) is 24.6 Å². The van der Waals surface area contributed by atoms with Gasteiger partial charge in [0.15, 0.2) is 0 Å². The van der Waals surface area contributed by atoms with Crippen LogP contribution in [0.15, 0.2) is 18.2 Å². The van der Waals surface area contributed by atoms with Crippen molar-refractivity contribution in [2.24, 2.45) is 0 Å². The van der Waals surface area contributed by atoms with E-state index in [1.54, 1.807) is 6.92 Å². The number of rotatable bonds is 4. The molecule has 0 radical (unpaired) electrons. The molecule has 2 nitrogen and oxygen atoms in total. The summed E-state index contributed by atoms with van der Waals surface area (Å²) < 4.78 is 75.4. The first-order chi connectivity index (χ1) is 9.04. The quantitative estimate of drug-likeness (QED) is 0.671. The molecule has 0 aliphatic rings. The summed E-state index contributed by atoms with van der Waals surface area (Å²) in [5.74, 6) is 0. The summed E-state index contributed by atoms with van der Waals surface area (Å²) in [6.07, 6.45) is -8.81. The van der Waals surface area contributed by atoms with Gasteiger partial charge in [-0.2, -0.15) is 26.3 Å². The maximum Gasteiger partial charge on any atom is 0.418 e. The van der Waals surface area contributed by atoms with Gasteiger partial charge in [0.1, 0.15) is 6.54 Å². The minimum absolute atomic E-state index is 0.000719. The molecular formula is C12H14F6N2. The molecule has 1 rings (SSSR count). The van der Waals surface area contributed by atoms with Gasteiger partial charge in [0, 0.05) is 17.9 Å². The Bertz CT molecular complexity index is 452. The Balaban J connectivity index is 3.15. The number of nitrogen functional groups attached to an aromatic ring is 1. The van der Waals surface area contributed by atoms with E-state index in [-0.39, 0.29) is 12.2 Å².